The summed E-state index contributed by atoms with van der Waals surface area (Å²) in [5, 5.41) is 46.8. The zero-order chi connectivity index (χ0) is 40.9. The van der Waals surface area contributed by atoms with Crippen molar-refractivity contribution in [3.63, 3.8) is 0 Å². The molecule has 0 amide bonds. The zero-order valence-corrected chi connectivity index (χ0v) is 36.3. The fraction of sp³-hybridized carbons (Fsp3) is 0.487. The van der Waals surface area contributed by atoms with E-state index in [2.05, 4.69) is 9.58 Å². The maximum absolute atomic E-state index is 11.4. The van der Waals surface area contributed by atoms with Gasteiger partial charge in [0.1, 0.15) is 29.1 Å². The molecular formula is C39H47NO15S4. The number of benzene rings is 1. The van der Waals surface area contributed by atoms with Gasteiger partial charge >= 0.3 is 5.97 Å². The lowest BCUT2D eigenvalue weighted by molar-refractivity contribution is -0.299. The first-order chi connectivity index (χ1) is 25.8. The van der Waals surface area contributed by atoms with Crippen molar-refractivity contribution >= 4 is 103 Å². The molecule has 20 heteroatoms. The van der Waals surface area contributed by atoms with E-state index in [1.54, 1.807) is 0 Å². The van der Waals surface area contributed by atoms with Gasteiger partial charge in [-0.05, 0) is 75.0 Å². The molecule has 1 aromatic rings. The molecule has 1 heterocycles. The highest BCUT2D eigenvalue weighted by molar-refractivity contribution is 8.17. The first-order valence-corrected chi connectivity index (χ1v) is 20.3. The van der Waals surface area contributed by atoms with Crippen LogP contribution in [0.2, 0.25) is 0 Å². The lowest BCUT2D eigenvalue weighted by atomic mass is 9.54. The molecule has 0 radical (unpaired) electrons. The lowest BCUT2D eigenvalue weighted by Crippen LogP contribution is -2.58. The molecule has 1 aromatic carbocycles. The molecule has 0 aromatic heterocycles. The predicted molar refractivity (Wildman–Crippen MR) is 216 cm³/mol. The minimum Gasteiger partial charge on any atom is -0.541 e. The molecule has 1 N–H and O–H groups in total. The van der Waals surface area contributed by atoms with Crippen molar-refractivity contribution in [2.24, 2.45) is 11.8 Å². The van der Waals surface area contributed by atoms with Crippen LogP contribution < -0.4 is 20.4 Å². The molecule has 3 unspecified atom stereocenters. The van der Waals surface area contributed by atoms with Crippen LogP contribution in [-0.2, 0) is 47.9 Å². The first kappa shape index (κ1) is 56.7. The highest BCUT2D eigenvalue weighted by atomic mass is 32.2. The highest BCUT2D eigenvalue weighted by Gasteiger charge is 2.58. The largest absolute Gasteiger partial charge is 0.541 e. The monoisotopic (exact) mass is 897 g/mol. The summed E-state index contributed by atoms with van der Waals surface area (Å²) in [5.74, 6) is -6.28. The predicted octanol–water partition coefficient (Wildman–Crippen LogP) is 1.13. The molecule has 7 rings (SSSR count). The number of rotatable bonds is 4. The van der Waals surface area contributed by atoms with Crippen LogP contribution in [0.3, 0.4) is 0 Å². The van der Waals surface area contributed by atoms with Crippen molar-refractivity contribution in [1.29, 1.82) is 0 Å². The van der Waals surface area contributed by atoms with Crippen LogP contribution in [-0.4, -0.2) is 82.9 Å². The van der Waals surface area contributed by atoms with Crippen LogP contribution in [0.5, 0.6) is 0 Å². The number of cyclic esters (lactones) is 1. The SMILES string of the molecule is O=C([O-])C(=O)SC12CC3CC(CC(O)(C3)C1)C2.O=C([O-])C(=O)SC1CCCCC1.O=C([O-])C(=O)SC1CCOC1=O.[C-]#[N+]c1ccc(SC(=O)C(=O)[O-])cc1.[CH3+].[CH3+].[CH3+].[CH3+]. The standard InChI is InChI=1S/C12H16O4S.C9H5NO3S.C8H12O3S.C6H6O5S.4CH3/c13-9(14)10(15)17-12-4-7-1-8(5-12)3-11(16,2-7)6-12;1-10-6-2-4-7(5-3-6)14-9(13)8(11)12;9-7(10)8(11)12-6-4-2-1-3-5-6;7-4(8)6(10)12-3-1-2-11-5(3)9;;;;/h7-8,16H,1-6H2,(H,13,14);2-5H,(H,11,12);6H,1-5H2,(H,9,10);3H,1-2H2,(H,7,8);4*1H3/q;;;;4*+1/p-4. The Labute approximate surface area is 361 Å². The summed E-state index contributed by atoms with van der Waals surface area (Å²) < 4.78 is 4.18. The second-order valence-electron chi connectivity index (χ2n) is 13.4. The minimum absolute atomic E-state index is 0. The number of hydrogen-bond donors (Lipinski definition) is 1. The van der Waals surface area contributed by atoms with Crippen LogP contribution in [0, 0.1) is 48.1 Å². The quantitative estimate of drug-likeness (QED) is 0.192. The van der Waals surface area contributed by atoms with Crippen molar-refractivity contribution in [2.45, 2.75) is 103 Å². The van der Waals surface area contributed by atoms with E-state index >= 15 is 0 Å². The number of hydrogen-bond acceptors (Lipinski definition) is 19. The number of esters is 1. The van der Waals surface area contributed by atoms with Crippen LogP contribution >= 0.6 is 47.0 Å². The van der Waals surface area contributed by atoms with Gasteiger partial charge in [-0.15, -0.1) is 0 Å². The third-order valence-corrected chi connectivity index (χ3v) is 13.5. The van der Waals surface area contributed by atoms with E-state index < -0.39 is 61.2 Å². The Morgan fingerprint density at radius 3 is 1.61 bits per heavy atom. The van der Waals surface area contributed by atoms with Gasteiger partial charge in [-0.3, -0.25) is 24.0 Å². The van der Waals surface area contributed by atoms with E-state index in [9.17, 15) is 68.7 Å². The first-order valence-electron chi connectivity index (χ1n) is 16.9. The second-order valence-corrected chi connectivity index (χ2v) is 18.4. The summed E-state index contributed by atoms with van der Waals surface area (Å²) in [7, 11) is 0. The van der Waals surface area contributed by atoms with E-state index in [0.29, 0.717) is 58.8 Å². The third-order valence-electron chi connectivity index (χ3n) is 9.09. The van der Waals surface area contributed by atoms with Crippen LogP contribution in [0.15, 0.2) is 29.2 Å². The average molecular weight is 898 g/mol. The normalized spacial score (nSPS) is 24.1. The molecule has 6 aliphatic rings. The van der Waals surface area contributed by atoms with Crippen molar-refractivity contribution in [3.05, 3.63) is 65.4 Å². The summed E-state index contributed by atoms with van der Waals surface area (Å²) in [6, 6.07) is 6.05. The number of carboxylic acid groups (broad SMARTS) is 4. The summed E-state index contributed by atoms with van der Waals surface area (Å²) >= 11 is 2.85. The number of carboxylic acids is 4. The topological polar surface area (TPSA) is 280 Å². The Bertz CT molecular complexity index is 1690. The van der Waals surface area contributed by atoms with Gasteiger partial charge in [-0.25, -0.2) is 4.85 Å². The number of carbonyl (C=O) groups excluding carboxylic acids is 9. The Morgan fingerprint density at radius 2 is 1.19 bits per heavy atom. The molecule has 322 valence electrons. The number of carbonyl (C=O) groups is 9. The van der Waals surface area contributed by atoms with E-state index in [4.69, 9.17) is 6.57 Å². The van der Waals surface area contributed by atoms with Crippen molar-refractivity contribution in [2.75, 3.05) is 6.61 Å². The van der Waals surface area contributed by atoms with Gasteiger partial charge in [0.2, 0.25) is 20.5 Å². The van der Waals surface area contributed by atoms with E-state index in [1.165, 1.54) is 30.7 Å². The van der Waals surface area contributed by atoms with Gasteiger partial charge in [0, 0.05) is 51.0 Å². The maximum Gasteiger partial charge on any atom is 0.319 e. The summed E-state index contributed by atoms with van der Waals surface area (Å²) in [5.41, 5.74) is -0.209. The number of thioether (sulfide) groups is 4. The Hall–Kier alpha value is -4.42. The maximum atomic E-state index is 11.4. The minimum atomic E-state index is -1.78. The van der Waals surface area contributed by atoms with Gasteiger partial charge in [0.05, 0.1) is 18.8 Å². The van der Waals surface area contributed by atoms with Gasteiger partial charge in [0.15, 0.2) is 5.69 Å². The lowest BCUT2D eigenvalue weighted by Gasteiger charge is -2.59. The van der Waals surface area contributed by atoms with Crippen molar-refractivity contribution < 1.29 is 73.4 Å². The Morgan fingerprint density at radius 1 is 0.695 bits per heavy atom. The third kappa shape index (κ3) is 18.2. The van der Waals surface area contributed by atoms with Crippen LogP contribution in [0.1, 0.15) is 77.0 Å². The molecule has 0 spiro atoms. The van der Waals surface area contributed by atoms with Gasteiger partial charge in [-0.1, -0.05) is 78.8 Å². The average Bonchev–Trinajstić information content (AvgIpc) is 3.52. The molecule has 16 nitrogen and oxygen atoms in total. The second kappa shape index (κ2) is 25.9. The number of aliphatic hydroxyl groups is 1. The zero-order valence-electron chi connectivity index (χ0n) is 33.1. The Kier molecular flexibility index (Phi) is 24.9. The molecule has 6 fully saturated rings. The number of aliphatic carboxylic acids is 4. The van der Waals surface area contributed by atoms with Gasteiger partial charge in [0.25, 0.3) is 0 Å². The van der Waals surface area contributed by atoms with Crippen LogP contribution in [0.4, 0.5) is 5.69 Å². The molecule has 5 saturated carbocycles. The fourth-order valence-corrected chi connectivity index (χ4v) is 11.1. The van der Waals surface area contributed by atoms with Gasteiger partial charge < -0.3 is 49.4 Å². The van der Waals surface area contributed by atoms with Crippen LogP contribution in [0.25, 0.3) is 4.85 Å². The van der Waals surface area contributed by atoms with E-state index in [0.717, 1.165) is 81.3 Å². The van der Waals surface area contributed by atoms with E-state index in [-0.39, 0.29) is 46.3 Å². The molecule has 1 saturated heterocycles. The van der Waals surface area contributed by atoms with Crippen molar-refractivity contribution in [3.8, 4) is 0 Å². The molecule has 3 atom stereocenters. The summed E-state index contributed by atoms with van der Waals surface area (Å²) in [6.45, 7) is 6.92. The smallest absolute Gasteiger partial charge is 0.319 e. The molecule has 5 aliphatic carbocycles. The number of ether oxygens (including phenoxy) is 1. The fourth-order valence-electron chi connectivity index (χ4n) is 7.37. The Balaban J connectivity index is 0. The van der Waals surface area contributed by atoms with Crippen molar-refractivity contribution in [1.82, 2.24) is 0 Å². The molecule has 1 aliphatic heterocycles. The van der Waals surface area contributed by atoms with Gasteiger partial charge in [-0.2, -0.15) is 0 Å². The van der Waals surface area contributed by atoms with E-state index in [1.807, 2.05) is 0 Å². The molecule has 4 bridgehead atoms. The summed E-state index contributed by atoms with van der Waals surface area (Å²) in [6.07, 6.45) is 10.8. The number of nitrogens with zero attached hydrogens (tertiary/aromatic N) is 1. The molecule has 59 heavy (non-hydrogen) atoms. The summed E-state index contributed by atoms with van der Waals surface area (Å²) in [4.78, 5) is 98.4. The molecular weight excluding hydrogens is 851 g/mol. The highest BCUT2D eigenvalue weighted by Crippen LogP contribution is 2.62.